The molecule has 2 aromatic carbocycles. The maximum absolute atomic E-state index is 12.0. The van der Waals surface area contributed by atoms with Crippen LogP contribution in [0.4, 0.5) is 0 Å². The number of nitrogens with zero attached hydrogens (tertiary/aromatic N) is 1. The molecule has 1 amide bonds. The zero-order valence-corrected chi connectivity index (χ0v) is 12.9. The van der Waals surface area contributed by atoms with Crippen LogP contribution in [0.1, 0.15) is 39.5 Å². The largest absolute Gasteiger partial charge is 0.271 e. The Morgan fingerprint density at radius 2 is 1.57 bits per heavy atom. The molecule has 0 aliphatic heterocycles. The monoisotopic (exact) mass is 280 g/mol. The van der Waals surface area contributed by atoms with Crippen LogP contribution in [0.3, 0.4) is 0 Å². The van der Waals surface area contributed by atoms with Gasteiger partial charge in [-0.15, -0.1) is 0 Å². The predicted molar refractivity (Wildman–Crippen MR) is 86.8 cm³/mol. The van der Waals surface area contributed by atoms with Crippen molar-refractivity contribution in [2.45, 2.75) is 27.7 Å². The highest BCUT2D eigenvalue weighted by molar-refractivity contribution is 6.02. The topological polar surface area (TPSA) is 41.5 Å². The number of benzene rings is 2. The first kappa shape index (κ1) is 15.0. The first-order valence-electron chi connectivity index (χ1n) is 6.97. The molecule has 0 saturated carbocycles. The normalized spacial score (nSPS) is 11.3. The van der Waals surface area contributed by atoms with Crippen molar-refractivity contribution in [3.05, 3.63) is 70.3 Å². The highest BCUT2D eigenvalue weighted by Gasteiger charge is 2.07. The maximum atomic E-state index is 12.0. The van der Waals surface area contributed by atoms with Gasteiger partial charge in [0.15, 0.2) is 0 Å². The number of hydrogen-bond acceptors (Lipinski definition) is 2. The zero-order chi connectivity index (χ0) is 15.4. The number of hydrazone groups is 1. The molecular weight excluding hydrogens is 260 g/mol. The van der Waals surface area contributed by atoms with Gasteiger partial charge in [-0.25, -0.2) is 5.43 Å². The Hall–Kier alpha value is -2.42. The van der Waals surface area contributed by atoms with Crippen molar-refractivity contribution in [3.63, 3.8) is 0 Å². The summed E-state index contributed by atoms with van der Waals surface area (Å²) < 4.78 is 0. The van der Waals surface area contributed by atoms with Gasteiger partial charge < -0.3 is 0 Å². The van der Waals surface area contributed by atoms with E-state index in [1.54, 1.807) is 12.1 Å². The molecule has 0 aromatic heterocycles. The van der Waals surface area contributed by atoms with Crippen molar-refractivity contribution in [1.29, 1.82) is 0 Å². The average molecular weight is 280 g/mol. The highest BCUT2D eigenvalue weighted by atomic mass is 16.2. The van der Waals surface area contributed by atoms with Crippen molar-refractivity contribution in [2.24, 2.45) is 5.10 Å². The summed E-state index contributed by atoms with van der Waals surface area (Å²) >= 11 is 0. The summed E-state index contributed by atoms with van der Waals surface area (Å²) in [6.45, 7) is 8.13. The van der Waals surface area contributed by atoms with Crippen molar-refractivity contribution >= 4 is 11.6 Å². The molecule has 3 nitrogen and oxygen atoms in total. The van der Waals surface area contributed by atoms with Crippen LogP contribution in [0.2, 0.25) is 0 Å². The van der Waals surface area contributed by atoms with E-state index in [0.29, 0.717) is 5.56 Å². The zero-order valence-electron chi connectivity index (χ0n) is 12.9. The van der Waals surface area contributed by atoms with E-state index in [9.17, 15) is 4.79 Å². The Morgan fingerprint density at radius 3 is 2.24 bits per heavy atom. The van der Waals surface area contributed by atoms with E-state index < -0.39 is 0 Å². The Balaban J connectivity index is 2.19. The minimum atomic E-state index is -0.198. The van der Waals surface area contributed by atoms with Crippen LogP contribution in [0, 0.1) is 20.8 Å². The minimum Gasteiger partial charge on any atom is -0.267 e. The van der Waals surface area contributed by atoms with E-state index in [-0.39, 0.29) is 5.91 Å². The third-order valence-corrected chi connectivity index (χ3v) is 3.59. The van der Waals surface area contributed by atoms with E-state index >= 15 is 0 Å². The lowest BCUT2D eigenvalue weighted by atomic mass is 9.98. The molecule has 3 heteroatoms. The number of rotatable bonds is 3. The van der Waals surface area contributed by atoms with Crippen molar-refractivity contribution in [2.75, 3.05) is 0 Å². The first-order valence-corrected chi connectivity index (χ1v) is 6.97. The Morgan fingerprint density at radius 1 is 0.952 bits per heavy atom. The lowest BCUT2D eigenvalue weighted by Crippen LogP contribution is -2.19. The van der Waals surface area contributed by atoms with Crippen LogP contribution < -0.4 is 5.43 Å². The SMILES string of the molecule is C/C(=N/NC(=O)c1ccccc1)c1cc(C)c(C)cc1C. The summed E-state index contributed by atoms with van der Waals surface area (Å²) in [5.41, 5.74) is 8.72. The van der Waals surface area contributed by atoms with Crippen LogP contribution in [0.15, 0.2) is 47.6 Å². The molecule has 0 aliphatic carbocycles. The van der Waals surface area contributed by atoms with Gasteiger partial charge in [-0.3, -0.25) is 4.79 Å². The molecule has 0 fully saturated rings. The van der Waals surface area contributed by atoms with Gasteiger partial charge in [0, 0.05) is 11.1 Å². The molecule has 0 atom stereocenters. The predicted octanol–water partition coefficient (Wildman–Crippen LogP) is 3.77. The lowest BCUT2D eigenvalue weighted by molar-refractivity contribution is 0.0955. The molecule has 0 heterocycles. The molecule has 2 aromatic rings. The molecular formula is C18H20N2O. The van der Waals surface area contributed by atoms with Crippen molar-refractivity contribution in [1.82, 2.24) is 5.43 Å². The third kappa shape index (κ3) is 3.57. The molecule has 0 radical (unpaired) electrons. The van der Waals surface area contributed by atoms with Gasteiger partial charge in [0.2, 0.25) is 0 Å². The number of carbonyl (C=O) groups is 1. The van der Waals surface area contributed by atoms with E-state index in [4.69, 9.17) is 0 Å². The van der Waals surface area contributed by atoms with Gasteiger partial charge in [0.05, 0.1) is 5.71 Å². The summed E-state index contributed by atoms with van der Waals surface area (Å²) in [5.74, 6) is -0.198. The quantitative estimate of drug-likeness (QED) is 0.675. The molecule has 0 spiro atoms. The molecule has 0 aliphatic rings. The van der Waals surface area contributed by atoms with Gasteiger partial charge in [-0.2, -0.15) is 5.10 Å². The molecule has 1 N–H and O–H groups in total. The average Bonchev–Trinajstić information content (AvgIpc) is 2.49. The lowest BCUT2D eigenvalue weighted by Gasteiger charge is -2.09. The number of amides is 1. The van der Waals surface area contributed by atoms with E-state index in [1.165, 1.54) is 11.1 Å². The Labute approximate surface area is 125 Å². The third-order valence-electron chi connectivity index (χ3n) is 3.59. The molecule has 108 valence electrons. The van der Waals surface area contributed by atoms with Crippen LogP contribution in [-0.4, -0.2) is 11.6 Å². The number of aryl methyl sites for hydroxylation is 3. The van der Waals surface area contributed by atoms with Gasteiger partial charge in [-0.1, -0.05) is 24.3 Å². The minimum absolute atomic E-state index is 0.198. The molecule has 2 rings (SSSR count). The number of hydrogen-bond donors (Lipinski definition) is 1. The van der Waals surface area contributed by atoms with Gasteiger partial charge >= 0.3 is 0 Å². The standard InChI is InChI=1S/C18H20N2O/c1-12-10-14(3)17(11-13(12)2)15(4)19-20-18(21)16-8-6-5-7-9-16/h5-11H,1-4H3,(H,20,21)/b19-15-. The van der Waals surface area contributed by atoms with E-state index in [0.717, 1.165) is 16.8 Å². The van der Waals surface area contributed by atoms with Gasteiger partial charge in [-0.05, 0) is 62.6 Å². The second kappa shape index (κ2) is 6.35. The number of nitrogens with one attached hydrogen (secondary N) is 1. The Bertz CT molecular complexity index is 688. The number of carbonyl (C=O) groups excluding carboxylic acids is 1. The fraction of sp³-hybridized carbons (Fsp3) is 0.222. The van der Waals surface area contributed by atoms with Crippen LogP contribution in [-0.2, 0) is 0 Å². The van der Waals surface area contributed by atoms with Gasteiger partial charge in [0.1, 0.15) is 0 Å². The van der Waals surface area contributed by atoms with Gasteiger partial charge in [0.25, 0.3) is 5.91 Å². The fourth-order valence-electron chi connectivity index (χ4n) is 2.20. The molecule has 0 saturated heterocycles. The summed E-state index contributed by atoms with van der Waals surface area (Å²) in [5, 5.41) is 4.22. The Kier molecular flexibility index (Phi) is 4.53. The molecule has 0 bridgehead atoms. The van der Waals surface area contributed by atoms with Crippen LogP contribution in [0.5, 0.6) is 0 Å². The molecule has 0 unspecified atom stereocenters. The summed E-state index contributed by atoms with van der Waals surface area (Å²) in [7, 11) is 0. The van der Waals surface area contributed by atoms with E-state index in [1.807, 2.05) is 25.1 Å². The summed E-state index contributed by atoms with van der Waals surface area (Å²) in [6, 6.07) is 13.3. The second-order valence-electron chi connectivity index (χ2n) is 5.26. The van der Waals surface area contributed by atoms with Crippen LogP contribution >= 0.6 is 0 Å². The van der Waals surface area contributed by atoms with Crippen molar-refractivity contribution in [3.8, 4) is 0 Å². The molecule has 21 heavy (non-hydrogen) atoms. The highest BCUT2D eigenvalue weighted by Crippen LogP contribution is 2.16. The smallest absolute Gasteiger partial charge is 0.267 e. The second-order valence-corrected chi connectivity index (χ2v) is 5.26. The summed E-state index contributed by atoms with van der Waals surface area (Å²) in [4.78, 5) is 12.0. The van der Waals surface area contributed by atoms with E-state index in [2.05, 4.69) is 43.4 Å². The first-order chi connectivity index (χ1) is 9.99. The van der Waals surface area contributed by atoms with Crippen molar-refractivity contribution < 1.29 is 4.79 Å². The fourth-order valence-corrected chi connectivity index (χ4v) is 2.20. The summed E-state index contributed by atoms with van der Waals surface area (Å²) in [6.07, 6.45) is 0. The van der Waals surface area contributed by atoms with Crippen LogP contribution in [0.25, 0.3) is 0 Å². The maximum Gasteiger partial charge on any atom is 0.271 e.